The molecule has 0 aromatic rings. The van der Waals surface area contributed by atoms with E-state index >= 15 is 0 Å². The van der Waals surface area contributed by atoms with E-state index in [-0.39, 0.29) is 19.1 Å². The number of ether oxygens (including phenoxy) is 1. The predicted octanol–water partition coefficient (Wildman–Crippen LogP) is 3.12. The number of nitrogens with one attached hydrogen (secondary N) is 1. The second-order valence-corrected chi connectivity index (χ2v) is 4.09. The summed E-state index contributed by atoms with van der Waals surface area (Å²) in [5, 5.41) is 3.23. The van der Waals surface area contributed by atoms with Crippen LogP contribution in [-0.4, -0.2) is 31.5 Å². The first-order valence-corrected chi connectivity index (χ1v) is 5.77. The molecule has 1 N–H and O–H groups in total. The van der Waals surface area contributed by atoms with E-state index in [4.69, 9.17) is 4.74 Å². The van der Waals surface area contributed by atoms with Crippen molar-refractivity contribution in [3.8, 4) is 0 Å². The van der Waals surface area contributed by atoms with Crippen LogP contribution in [-0.2, 0) is 4.74 Å². The van der Waals surface area contributed by atoms with Crippen molar-refractivity contribution in [3.63, 3.8) is 0 Å². The molecule has 16 heavy (non-hydrogen) atoms. The van der Waals surface area contributed by atoms with E-state index in [0.717, 1.165) is 13.0 Å². The van der Waals surface area contributed by atoms with Crippen molar-refractivity contribution >= 4 is 0 Å². The number of hydrogen-bond acceptors (Lipinski definition) is 2. The monoisotopic (exact) mass is 241 g/mol. The van der Waals surface area contributed by atoms with Crippen molar-refractivity contribution in [3.05, 3.63) is 0 Å². The maximum absolute atomic E-state index is 11.8. The van der Waals surface area contributed by atoms with Gasteiger partial charge in [-0.1, -0.05) is 6.92 Å². The van der Waals surface area contributed by atoms with Gasteiger partial charge in [-0.15, -0.1) is 0 Å². The minimum atomic E-state index is -4.07. The van der Waals surface area contributed by atoms with E-state index in [9.17, 15) is 13.2 Å². The lowest BCUT2D eigenvalue weighted by molar-refractivity contribution is -0.138. The highest BCUT2D eigenvalue weighted by atomic mass is 19.4. The first-order valence-electron chi connectivity index (χ1n) is 5.77. The van der Waals surface area contributed by atoms with Crippen LogP contribution in [0.25, 0.3) is 0 Å². The van der Waals surface area contributed by atoms with Gasteiger partial charge in [0.15, 0.2) is 0 Å². The molecule has 0 aliphatic rings. The number of rotatable bonds is 8. The fraction of sp³-hybridized carbons (Fsp3) is 1.00. The Morgan fingerprint density at radius 1 is 1.25 bits per heavy atom. The molecule has 98 valence electrons. The van der Waals surface area contributed by atoms with Crippen molar-refractivity contribution in [2.45, 2.75) is 58.4 Å². The van der Waals surface area contributed by atoms with Gasteiger partial charge < -0.3 is 10.1 Å². The van der Waals surface area contributed by atoms with Crippen LogP contribution in [0.15, 0.2) is 0 Å². The zero-order valence-electron chi connectivity index (χ0n) is 10.2. The zero-order chi connectivity index (χ0) is 12.6. The fourth-order valence-corrected chi connectivity index (χ4v) is 1.55. The predicted molar refractivity (Wildman–Crippen MR) is 58.5 cm³/mol. The standard InChI is InChI=1S/C11H22F3NO/c1-4-15-9(2)8-10(3)16-7-5-6-11(12,13)14/h9-10,15H,4-8H2,1-3H3. The first-order chi connectivity index (χ1) is 7.35. The lowest BCUT2D eigenvalue weighted by atomic mass is 10.1. The molecule has 0 heterocycles. The van der Waals surface area contributed by atoms with Crippen molar-refractivity contribution in [1.82, 2.24) is 5.32 Å². The van der Waals surface area contributed by atoms with Gasteiger partial charge in [0.05, 0.1) is 6.10 Å². The molecule has 0 amide bonds. The molecular formula is C11H22F3NO. The van der Waals surface area contributed by atoms with Crippen LogP contribution in [0.2, 0.25) is 0 Å². The third kappa shape index (κ3) is 10.2. The summed E-state index contributed by atoms with van der Waals surface area (Å²) in [7, 11) is 0. The van der Waals surface area contributed by atoms with Crippen LogP contribution in [0.3, 0.4) is 0 Å². The van der Waals surface area contributed by atoms with Crippen LogP contribution in [0.1, 0.15) is 40.0 Å². The molecule has 0 aromatic heterocycles. The Bertz CT molecular complexity index is 173. The minimum absolute atomic E-state index is 0.00211. The maximum Gasteiger partial charge on any atom is 0.389 e. The van der Waals surface area contributed by atoms with Crippen molar-refractivity contribution in [2.75, 3.05) is 13.2 Å². The highest BCUT2D eigenvalue weighted by Gasteiger charge is 2.26. The summed E-state index contributed by atoms with van der Waals surface area (Å²) in [6.07, 6.45) is -3.96. The summed E-state index contributed by atoms with van der Waals surface area (Å²) < 4.78 is 40.8. The molecule has 0 rings (SSSR count). The van der Waals surface area contributed by atoms with Crippen LogP contribution < -0.4 is 5.32 Å². The molecule has 5 heteroatoms. The molecule has 0 aliphatic carbocycles. The second kappa shape index (κ2) is 7.90. The highest BCUT2D eigenvalue weighted by molar-refractivity contribution is 4.64. The third-order valence-corrected chi connectivity index (χ3v) is 2.25. The molecule has 0 spiro atoms. The van der Waals surface area contributed by atoms with E-state index < -0.39 is 12.6 Å². The van der Waals surface area contributed by atoms with E-state index in [2.05, 4.69) is 5.32 Å². The van der Waals surface area contributed by atoms with Crippen molar-refractivity contribution < 1.29 is 17.9 Å². The summed E-state index contributed by atoms with van der Waals surface area (Å²) in [6.45, 7) is 7.02. The van der Waals surface area contributed by atoms with Gasteiger partial charge in [0.2, 0.25) is 0 Å². The Morgan fingerprint density at radius 2 is 1.88 bits per heavy atom. The minimum Gasteiger partial charge on any atom is -0.378 e. The molecule has 0 saturated carbocycles. The molecule has 0 bridgehead atoms. The Balaban J connectivity index is 3.47. The smallest absolute Gasteiger partial charge is 0.378 e. The Kier molecular flexibility index (Phi) is 7.76. The van der Waals surface area contributed by atoms with E-state index in [1.54, 1.807) is 0 Å². The SMILES string of the molecule is CCNC(C)CC(C)OCCCC(F)(F)F. The van der Waals surface area contributed by atoms with Gasteiger partial charge in [-0.2, -0.15) is 13.2 Å². The van der Waals surface area contributed by atoms with Gasteiger partial charge in [0, 0.05) is 19.1 Å². The summed E-state index contributed by atoms with van der Waals surface area (Å²) in [6, 6.07) is 0.336. The van der Waals surface area contributed by atoms with Gasteiger partial charge >= 0.3 is 6.18 Å². The van der Waals surface area contributed by atoms with Crippen LogP contribution in [0, 0.1) is 0 Å². The van der Waals surface area contributed by atoms with Gasteiger partial charge in [0.1, 0.15) is 0 Å². The summed E-state index contributed by atoms with van der Waals surface area (Å²) in [5.74, 6) is 0. The average molecular weight is 241 g/mol. The van der Waals surface area contributed by atoms with Gasteiger partial charge in [-0.25, -0.2) is 0 Å². The van der Waals surface area contributed by atoms with Gasteiger partial charge in [-0.05, 0) is 33.2 Å². The molecule has 0 aliphatic heterocycles. The largest absolute Gasteiger partial charge is 0.389 e. The Morgan fingerprint density at radius 3 is 2.38 bits per heavy atom. The molecular weight excluding hydrogens is 219 g/mol. The van der Waals surface area contributed by atoms with Crippen molar-refractivity contribution in [2.24, 2.45) is 0 Å². The number of alkyl halides is 3. The average Bonchev–Trinajstić information content (AvgIpc) is 2.11. The summed E-state index contributed by atoms with van der Waals surface area (Å²) in [5.41, 5.74) is 0. The fourth-order valence-electron chi connectivity index (χ4n) is 1.55. The molecule has 2 atom stereocenters. The lowest BCUT2D eigenvalue weighted by Gasteiger charge is -2.18. The van der Waals surface area contributed by atoms with Crippen molar-refractivity contribution in [1.29, 1.82) is 0 Å². The van der Waals surface area contributed by atoms with Crippen LogP contribution >= 0.6 is 0 Å². The molecule has 2 nitrogen and oxygen atoms in total. The molecule has 0 saturated heterocycles. The third-order valence-electron chi connectivity index (χ3n) is 2.25. The lowest BCUT2D eigenvalue weighted by Crippen LogP contribution is -2.30. The number of halogens is 3. The number of hydrogen-bond donors (Lipinski definition) is 1. The molecule has 0 aromatic carbocycles. The normalized spacial score (nSPS) is 16.1. The second-order valence-electron chi connectivity index (χ2n) is 4.09. The highest BCUT2D eigenvalue weighted by Crippen LogP contribution is 2.21. The zero-order valence-corrected chi connectivity index (χ0v) is 10.2. The molecule has 0 radical (unpaired) electrons. The topological polar surface area (TPSA) is 21.3 Å². The molecule has 0 fully saturated rings. The maximum atomic E-state index is 11.8. The Hall–Kier alpha value is -0.290. The molecule has 2 unspecified atom stereocenters. The quantitative estimate of drug-likeness (QED) is 0.659. The van der Waals surface area contributed by atoms with Crippen LogP contribution in [0.5, 0.6) is 0 Å². The van der Waals surface area contributed by atoms with Gasteiger partial charge in [0.25, 0.3) is 0 Å². The summed E-state index contributed by atoms with van der Waals surface area (Å²) >= 11 is 0. The van der Waals surface area contributed by atoms with E-state index in [1.807, 2.05) is 20.8 Å². The summed E-state index contributed by atoms with van der Waals surface area (Å²) in [4.78, 5) is 0. The first kappa shape index (κ1) is 15.7. The van der Waals surface area contributed by atoms with Gasteiger partial charge in [-0.3, -0.25) is 0 Å². The van der Waals surface area contributed by atoms with E-state index in [0.29, 0.717) is 6.04 Å². The van der Waals surface area contributed by atoms with E-state index in [1.165, 1.54) is 0 Å². The van der Waals surface area contributed by atoms with Crippen LogP contribution in [0.4, 0.5) is 13.2 Å². The Labute approximate surface area is 95.5 Å².